The average Bonchev–Trinajstić information content (AvgIpc) is 2.34. The molecular weight excluding hydrogens is 240 g/mol. The molecule has 0 saturated heterocycles. The highest BCUT2D eigenvalue weighted by Crippen LogP contribution is 2.24. The largest absolute Gasteiger partial charge is 0.382 e. The lowest BCUT2D eigenvalue weighted by molar-refractivity contribution is -0.137. The van der Waals surface area contributed by atoms with Gasteiger partial charge in [-0.15, -0.1) is 0 Å². The number of amides is 1. The Hall–Kier alpha value is -1.39. The van der Waals surface area contributed by atoms with Crippen molar-refractivity contribution >= 4 is 5.91 Å². The molecule has 0 unspecified atom stereocenters. The minimum absolute atomic E-state index is 0.0709. The molecule has 0 radical (unpaired) electrons. The van der Waals surface area contributed by atoms with Crippen molar-refractivity contribution in [3.8, 4) is 0 Å². The Morgan fingerprint density at radius 2 is 1.89 bits per heavy atom. The second kappa shape index (κ2) is 6.68. The summed E-state index contributed by atoms with van der Waals surface area (Å²) in [7, 11) is 1.61. The SMILES string of the molecule is COC[C@H](c1ccccc1)N(N)C(=O)CC(C)(C)C. The number of methoxy groups -OCH3 is 1. The predicted molar refractivity (Wildman–Crippen MR) is 76.2 cm³/mol. The number of carbonyl (C=O) groups excluding carboxylic acids is 1. The van der Waals surface area contributed by atoms with E-state index in [1.54, 1.807) is 7.11 Å². The molecule has 1 amide bonds. The summed E-state index contributed by atoms with van der Waals surface area (Å²) in [4.78, 5) is 12.2. The molecule has 0 heterocycles. The van der Waals surface area contributed by atoms with Gasteiger partial charge in [-0.05, 0) is 11.0 Å². The molecule has 0 bridgehead atoms. The van der Waals surface area contributed by atoms with Gasteiger partial charge in [-0.3, -0.25) is 9.80 Å². The zero-order valence-electron chi connectivity index (χ0n) is 12.2. The summed E-state index contributed by atoms with van der Waals surface area (Å²) < 4.78 is 5.19. The number of nitrogens with two attached hydrogens (primary N) is 1. The fraction of sp³-hybridized carbons (Fsp3) is 0.533. The van der Waals surface area contributed by atoms with Crippen molar-refractivity contribution in [2.75, 3.05) is 13.7 Å². The molecule has 1 rings (SSSR count). The van der Waals surface area contributed by atoms with E-state index in [0.717, 1.165) is 5.56 Å². The molecule has 1 atom stereocenters. The summed E-state index contributed by atoms with van der Waals surface area (Å²) in [5.41, 5.74) is 0.900. The van der Waals surface area contributed by atoms with Crippen molar-refractivity contribution in [2.45, 2.75) is 33.2 Å². The first-order chi connectivity index (χ1) is 8.85. The molecule has 19 heavy (non-hydrogen) atoms. The Labute approximate surface area is 115 Å². The molecule has 0 aromatic heterocycles. The maximum Gasteiger partial charge on any atom is 0.237 e. The van der Waals surface area contributed by atoms with E-state index < -0.39 is 0 Å². The fourth-order valence-corrected chi connectivity index (χ4v) is 1.89. The molecule has 4 heteroatoms. The molecule has 0 aliphatic rings. The van der Waals surface area contributed by atoms with Gasteiger partial charge in [0.05, 0.1) is 12.6 Å². The van der Waals surface area contributed by atoms with Crippen LogP contribution in [0.5, 0.6) is 0 Å². The lowest BCUT2D eigenvalue weighted by Crippen LogP contribution is -2.43. The van der Waals surface area contributed by atoms with Crippen molar-refractivity contribution in [1.29, 1.82) is 0 Å². The third-order valence-electron chi connectivity index (χ3n) is 2.81. The van der Waals surface area contributed by atoms with Crippen LogP contribution in [0.15, 0.2) is 30.3 Å². The van der Waals surface area contributed by atoms with E-state index in [4.69, 9.17) is 10.6 Å². The number of benzene rings is 1. The molecular formula is C15H24N2O2. The van der Waals surface area contributed by atoms with Crippen molar-refractivity contribution in [3.63, 3.8) is 0 Å². The van der Waals surface area contributed by atoms with Crippen molar-refractivity contribution in [3.05, 3.63) is 35.9 Å². The Morgan fingerprint density at radius 3 is 2.37 bits per heavy atom. The van der Waals surface area contributed by atoms with Crippen LogP contribution in [-0.4, -0.2) is 24.6 Å². The normalized spacial score (nSPS) is 13.1. The Kier molecular flexibility index (Phi) is 5.51. The predicted octanol–water partition coefficient (Wildman–Crippen LogP) is 2.51. The van der Waals surface area contributed by atoms with Crippen LogP contribution in [-0.2, 0) is 9.53 Å². The van der Waals surface area contributed by atoms with Crippen LogP contribution in [0.1, 0.15) is 38.8 Å². The minimum Gasteiger partial charge on any atom is -0.382 e. The molecule has 0 aliphatic heterocycles. The zero-order valence-corrected chi connectivity index (χ0v) is 12.2. The van der Waals surface area contributed by atoms with Gasteiger partial charge >= 0.3 is 0 Å². The van der Waals surface area contributed by atoms with Gasteiger partial charge in [-0.2, -0.15) is 0 Å². The Bertz CT molecular complexity index is 398. The van der Waals surface area contributed by atoms with E-state index in [0.29, 0.717) is 13.0 Å². The highest BCUT2D eigenvalue weighted by molar-refractivity contribution is 5.76. The Balaban J connectivity index is 2.85. The number of rotatable bonds is 5. The summed E-state index contributed by atoms with van der Waals surface area (Å²) in [6.45, 7) is 6.45. The summed E-state index contributed by atoms with van der Waals surface area (Å²) in [6.07, 6.45) is 0.413. The van der Waals surface area contributed by atoms with Crippen LogP contribution in [0.2, 0.25) is 0 Å². The van der Waals surface area contributed by atoms with E-state index in [2.05, 4.69) is 0 Å². The second-order valence-electron chi connectivity index (χ2n) is 5.92. The number of carbonyl (C=O) groups is 1. The van der Waals surface area contributed by atoms with Crippen LogP contribution in [0, 0.1) is 5.41 Å². The summed E-state index contributed by atoms with van der Waals surface area (Å²) in [5.74, 6) is 5.92. The maximum atomic E-state index is 12.2. The van der Waals surface area contributed by atoms with E-state index in [1.165, 1.54) is 5.01 Å². The molecule has 1 aromatic carbocycles. The van der Waals surface area contributed by atoms with Gasteiger partial charge in [-0.25, -0.2) is 5.84 Å². The maximum absolute atomic E-state index is 12.2. The van der Waals surface area contributed by atoms with Gasteiger partial charge in [0.1, 0.15) is 0 Å². The molecule has 0 aliphatic carbocycles. The molecule has 2 N–H and O–H groups in total. The van der Waals surface area contributed by atoms with Crippen LogP contribution >= 0.6 is 0 Å². The third kappa shape index (κ3) is 5.01. The van der Waals surface area contributed by atoms with Crippen LogP contribution in [0.3, 0.4) is 0 Å². The van der Waals surface area contributed by atoms with E-state index >= 15 is 0 Å². The van der Waals surface area contributed by atoms with Gasteiger partial charge < -0.3 is 4.74 Å². The average molecular weight is 264 g/mol. The van der Waals surface area contributed by atoms with Gasteiger partial charge in [0.25, 0.3) is 0 Å². The first-order valence-electron chi connectivity index (χ1n) is 6.46. The van der Waals surface area contributed by atoms with Crippen molar-refractivity contribution in [1.82, 2.24) is 5.01 Å². The van der Waals surface area contributed by atoms with Gasteiger partial charge in [0.15, 0.2) is 0 Å². The first-order valence-corrected chi connectivity index (χ1v) is 6.46. The number of ether oxygens (including phenoxy) is 1. The number of hydrazine groups is 1. The molecule has 0 fully saturated rings. The van der Waals surface area contributed by atoms with Gasteiger partial charge in [0, 0.05) is 13.5 Å². The molecule has 0 saturated carbocycles. The molecule has 1 aromatic rings. The summed E-state index contributed by atoms with van der Waals surface area (Å²) in [5, 5.41) is 1.30. The zero-order chi connectivity index (χ0) is 14.5. The van der Waals surface area contributed by atoms with Crippen LogP contribution in [0.4, 0.5) is 0 Å². The number of nitrogens with zero attached hydrogens (tertiary/aromatic N) is 1. The van der Waals surface area contributed by atoms with Crippen molar-refractivity contribution < 1.29 is 9.53 Å². The lowest BCUT2D eigenvalue weighted by atomic mass is 9.91. The summed E-state index contributed by atoms with van der Waals surface area (Å²) >= 11 is 0. The quantitative estimate of drug-likeness (QED) is 0.505. The van der Waals surface area contributed by atoms with Gasteiger partial charge in [0.2, 0.25) is 5.91 Å². The van der Waals surface area contributed by atoms with Crippen LogP contribution < -0.4 is 5.84 Å². The van der Waals surface area contributed by atoms with E-state index in [1.807, 2.05) is 51.1 Å². The number of hydrogen-bond donors (Lipinski definition) is 1. The van der Waals surface area contributed by atoms with Crippen molar-refractivity contribution in [2.24, 2.45) is 11.3 Å². The van der Waals surface area contributed by atoms with Gasteiger partial charge in [-0.1, -0.05) is 51.1 Å². The second-order valence-corrected chi connectivity index (χ2v) is 5.92. The molecule has 4 nitrogen and oxygen atoms in total. The highest BCUT2D eigenvalue weighted by Gasteiger charge is 2.26. The topological polar surface area (TPSA) is 55.6 Å². The monoisotopic (exact) mass is 264 g/mol. The van der Waals surface area contributed by atoms with E-state index in [-0.39, 0.29) is 17.4 Å². The highest BCUT2D eigenvalue weighted by atomic mass is 16.5. The Morgan fingerprint density at radius 1 is 1.32 bits per heavy atom. The fourth-order valence-electron chi connectivity index (χ4n) is 1.89. The van der Waals surface area contributed by atoms with Crippen LogP contribution in [0.25, 0.3) is 0 Å². The first kappa shape index (κ1) is 15.7. The smallest absolute Gasteiger partial charge is 0.237 e. The molecule has 106 valence electrons. The summed E-state index contributed by atoms with van der Waals surface area (Å²) in [6, 6.07) is 9.45. The minimum atomic E-state index is -0.249. The standard InChI is InChI=1S/C15H24N2O2/c1-15(2,3)10-14(18)17(16)13(11-19-4)12-8-6-5-7-9-12/h5-9,13H,10-11,16H2,1-4H3/t13-/m1/s1. The molecule has 0 spiro atoms. The lowest BCUT2D eigenvalue weighted by Gasteiger charge is -2.29. The third-order valence-corrected chi connectivity index (χ3v) is 2.81. The number of hydrogen-bond acceptors (Lipinski definition) is 3. The van der Waals surface area contributed by atoms with E-state index in [9.17, 15) is 4.79 Å².